The molecule has 0 saturated heterocycles. The molecule has 1 saturated carbocycles. The van der Waals surface area contributed by atoms with Crippen molar-refractivity contribution in [3.8, 4) is 11.6 Å². The maximum atomic E-state index is 5.74. The Balaban J connectivity index is 1.89. The van der Waals surface area contributed by atoms with Crippen LogP contribution in [-0.4, -0.2) is 9.97 Å². The lowest BCUT2D eigenvalue weighted by molar-refractivity contribution is 0.458. The number of halogens is 1. The molecule has 3 rings (SSSR count). The molecule has 19 heavy (non-hydrogen) atoms. The first-order chi connectivity index (χ1) is 9.24. The molecule has 1 aliphatic rings. The first-order valence-electron chi connectivity index (χ1n) is 6.03. The topological polar surface area (TPSA) is 73.1 Å². The Hall–Kier alpha value is -1.66. The van der Waals surface area contributed by atoms with E-state index in [2.05, 4.69) is 31.3 Å². The fourth-order valence-electron chi connectivity index (χ4n) is 1.74. The third-order valence-corrected chi connectivity index (χ3v) is 3.32. The van der Waals surface area contributed by atoms with E-state index in [1.165, 1.54) is 0 Å². The summed E-state index contributed by atoms with van der Waals surface area (Å²) in [7, 11) is 0. The Morgan fingerprint density at radius 1 is 1.26 bits per heavy atom. The quantitative estimate of drug-likeness (QED) is 0.668. The summed E-state index contributed by atoms with van der Waals surface area (Å²) < 4.78 is 6.70. The lowest BCUT2D eigenvalue weighted by atomic mass is 10.3. The predicted molar refractivity (Wildman–Crippen MR) is 76.0 cm³/mol. The van der Waals surface area contributed by atoms with Crippen LogP contribution < -0.4 is 16.0 Å². The Kier molecular flexibility index (Phi) is 3.35. The minimum atomic E-state index is 0.443. The third-order valence-electron chi connectivity index (χ3n) is 2.83. The molecule has 0 aliphatic heterocycles. The van der Waals surface area contributed by atoms with Gasteiger partial charge in [-0.1, -0.05) is 22.0 Å². The number of anilines is 1. The second kappa shape index (κ2) is 5.14. The molecule has 1 aromatic heterocycles. The van der Waals surface area contributed by atoms with Gasteiger partial charge < -0.3 is 10.2 Å². The number of nitrogens with zero attached hydrogens (tertiary/aromatic N) is 2. The van der Waals surface area contributed by atoms with Crippen LogP contribution in [0, 0.1) is 0 Å². The summed E-state index contributed by atoms with van der Waals surface area (Å²) >= 11 is 3.41. The van der Waals surface area contributed by atoms with Crippen LogP contribution in [0.15, 0.2) is 34.8 Å². The van der Waals surface area contributed by atoms with E-state index in [4.69, 9.17) is 10.6 Å². The van der Waals surface area contributed by atoms with Gasteiger partial charge in [0.2, 0.25) is 5.88 Å². The zero-order chi connectivity index (χ0) is 13.2. The zero-order valence-electron chi connectivity index (χ0n) is 10.1. The molecule has 0 atom stereocenters. The lowest BCUT2D eigenvalue weighted by Crippen LogP contribution is -2.10. The van der Waals surface area contributed by atoms with Gasteiger partial charge in [-0.15, -0.1) is 0 Å². The molecule has 0 bridgehead atoms. The molecule has 1 fully saturated rings. The van der Waals surface area contributed by atoms with Gasteiger partial charge in [0.15, 0.2) is 0 Å². The van der Waals surface area contributed by atoms with Crippen LogP contribution in [-0.2, 0) is 0 Å². The Bertz CT molecular complexity index is 601. The van der Waals surface area contributed by atoms with E-state index in [1.807, 2.05) is 24.3 Å². The maximum Gasteiger partial charge on any atom is 0.224 e. The van der Waals surface area contributed by atoms with Crippen LogP contribution in [0.25, 0.3) is 0 Å². The predicted octanol–water partition coefficient (Wildman–Crippen LogP) is 3.19. The number of hydrogen-bond acceptors (Lipinski definition) is 5. The lowest BCUT2D eigenvalue weighted by Gasteiger charge is -2.08. The second-order valence-corrected chi connectivity index (χ2v) is 5.34. The normalized spacial score (nSPS) is 14.2. The minimum absolute atomic E-state index is 0.443. The highest BCUT2D eigenvalue weighted by Gasteiger charge is 2.27. The highest BCUT2D eigenvalue weighted by atomic mass is 79.9. The Labute approximate surface area is 119 Å². The highest BCUT2D eigenvalue weighted by Crippen LogP contribution is 2.39. The molecule has 0 radical (unpaired) electrons. The number of aromatic nitrogens is 2. The molecule has 3 N–H and O–H groups in total. The van der Waals surface area contributed by atoms with Crippen molar-refractivity contribution < 1.29 is 4.74 Å². The largest absolute Gasteiger partial charge is 0.439 e. The molecular formula is C13H13BrN4O. The molecule has 5 nitrogen and oxygen atoms in total. The van der Waals surface area contributed by atoms with Gasteiger partial charge in [-0.2, -0.15) is 4.98 Å². The summed E-state index contributed by atoms with van der Waals surface area (Å²) in [5.41, 5.74) is 2.55. The van der Waals surface area contributed by atoms with Crippen molar-refractivity contribution >= 4 is 21.7 Å². The number of nitrogen functional groups attached to an aromatic ring is 1. The molecular weight excluding hydrogens is 308 g/mol. The van der Waals surface area contributed by atoms with Crippen molar-refractivity contribution in [2.45, 2.75) is 18.8 Å². The summed E-state index contributed by atoms with van der Waals surface area (Å²) in [5.74, 6) is 8.45. The van der Waals surface area contributed by atoms with E-state index in [1.54, 1.807) is 6.07 Å². The maximum absolute atomic E-state index is 5.74. The van der Waals surface area contributed by atoms with Gasteiger partial charge in [-0.05, 0) is 31.0 Å². The van der Waals surface area contributed by atoms with Gasteiger partial charge in [-0.25, -0.2) is 10.8 Å². The zero-order valence-corrected chi connectivity index (χ0v) is 11.7. The summed E-state index contributed by atoms with van der Waals surface area (Å²) in [6, 6.07) is 9.29. The smallest absolute Gasteiger partial charge is 0.224 e. The van der Waals surface area contributed by atoms with Gasteiger partial charge in [-0.3, -0.25) is 0 Å². The first kappa shape index (κ1) is 12.4. The monoisotopic (exact) mass is 320 g/mol. The molecule has 0 spiro atoms. The minimum Gasteiger partial charge on any atom is -0.439 e. The number of rotatable bonds is 4. The van der Waals surface area contributed by atoms with Gasteiger partial charge in [0, 0.05) is 16.5 Å². The van der Waals surface area contributed by atoms with Crippen molar-refractivity contribution in [3.05, 3.63) is 40.6 Å². The van der Waals surface area contributed by atoms with Gasteiger partial charge in [0.25, 0.3) is 0 Å². The van der Waals surface area contributed by atoms with E-state index in [0.29, 0.717) is 17.6 Å². The van der Waals surface area contributed by atoms with Crippen molar-refractivity contribution in [2.24, 2.45) is 5.84 Å². The molecule has 98 valence electrons. The SMILES string of the molecule is NNc1cc(Oc2cccc(Br)c2)nc(C2CC2)n1. The number of ether oxygens (including phenoxy) is 1. The summed E-state index contributed by atoms with van der Waals surface area (Å²) in [5, 5.41) is 0. The van der Waals surface area contributed by atoms with E-state index in [-0.39, 0.29) is 0 Å². The van der Waals surface area contributed by atoms with Crippen molar-refractivity contribution in [1.82, 2.24) is 9.97 Å². The molecule has 0 unspecified atom stereocenters. The van der Waals surface area contributed by atoms with Crippen molar-refractivity contribution in [2.75, 3.05) is 5.43 Å². The van der Waals surface area contributed by atoms with Crippen LogP contribution in [0.1, 0.15) is 24.6 Å². The standard InChI is InChI=1S/C13H13BrN4O/c14-9-2-1-3-10(6-9)19-12-7-11(18-15)16-13(17-12)8-4-5-8/h1-3,6-8H,4-5,15H2,(H,16,17,18). The number of nitrogens with two attached hydrogens (primary N) is 1. The third kappa shape index (κ3) is 3.02. The highest BCUT2D eigenvalue weighted by molar-refractivity contribution is 9.10. The van der Waals surface area contributed by atoms with E-state index in [0.717, 1.165) is 28.9 Å². The summed E-state index contributed by atoms with van der Waals surface area (Å²) in [6.45, 7) is 0. The van der Waals surface area contributed by atoms with Crippen LogP contribution in [0.4, 0.5) is 5.82 Å². The average molecular weight is 321 g/mol. The van der Waals surface area contributed by atoms with Crippen molar-refractivity contribution in [1.29, 1.82) is 0 Å². The fraction of sp³-hybridized carbons (Fsp3) is 0.231. The van der Waals surface area contributed by atoms with Gasteiger partial charge >= 0.3 is 0 Å². The number of benzene rings is 1. The first-order valence-corrected chi connectivity index (χ1v) is 6.83. The number of nitrogens with one attached hydrogen (secondary N) is 1. The fourth-order valence-corrected chi connectivity index (χ4v) is 2.12. The van der Waals surface area contributed by atoms with Gasteiger partial charge in [0.05, 0.1) is 0 Å². The molecule has 0 amide bonds. The molecule has 1 heterocycles. The number of hydrogen-bond donors (Lipinski definition) is 2. The summed E-state index contributed by atoms with van der Waals surface area (Å²) in [4.78, 5) is 8.76. The van der Waals surface area contributed by atoms with Crippen LogP contribution in [0.5, 0.6) is 11.6 Å². The Morgan fingerprint density at radius 3 is 2.79 bits per heavy atom. The van der Waals surface area contributed by atoms with Crippen molar-refractivity contribution in [3.63, 3.8) is 0 Å². The van der Waals surface area contributed by atoms with Gasteiger partial charge in [0.1, 0.15) is 17.4 Å². The Morgan fingerprint density at radius 2 is 2.11 bits per heavy atom. The van der Waals surface area contributed by atoms with Crippen LogP contribution in [0.3, 0.4) is 0 Å². The molecule has 6 heteroatoms. The van der Waals surface area contributed by atoms with E-state index >= 15 is 0 Å². The second-order valence-electron chi connectivity index (χ2n) is 4.43. The molecule has 1 aromatic carbocycles. The van der Waals surface area contributed by atoms with Crippen LogP contribution >= 0.6 is 15.9 Å². The van der Waals surface area contributed by atoms with E-state index in [9.17, 15) is 0 Å². The number of hydrazine groups is 1. The molecule has 1 aliphatic carbocycles. The molecule has 2 aromatic rings. The van der Waals surface area contributed by atoms with E-state index < -0.39 is 0 Å². The summed E-state index contributed by atoms with van der Waals surface area (Å²) in [6.07, 6.45) is 2.26. The van der Waals surface area contributed by atoms with Crippen LogP contribution in [0.2, 0.25) is 0 Å². The average Bonchev–Trinajstić information content (AvgIpc) is 3.22.